The van der Waals surface area contributed by atoms with Crippen molar-refractivity contribution in [3.05, 3.63) is 22.0 Å². The van der Waals surface area contributed by atoms with Gasteiger partial charge in [0.15, 0.2) is 0 Å². The van der Waals surface area contributed by atoms with Gasteiger partial charge in [0.2, 0.25) is 0 Å². The zero-order valence-corrected chi connectivity index (χ0v) is 5.91. The van der Waals surface area contributed by atoms with Gasteiger partial charge < -0.3 is 4.90 Å². The van der Waals surface area contributed by atoms with Gasteiger partial charge >= 0.3 is 0 Å². The van der Waals surface area contributed by atoms with E-state index in [1.807, 2.05) is 11.9 Å². The van der Waals surface area contributed by atoms with Crippen LogP contribution in [-0.2, 0) is 0 Å². The van der Waals surface area contributed by atoms with E-state index in [0.29, 0.717) is 0 Å². The van der Waals surface area contributed by atoms with Crippen molar-refractivity contribution in [3.63, 3.8) is 0 Å². The molecule has 0 bridgehead atoms. The maximum atomic E-state index is 10.0. The molecule has 0 aliphatic carbocycles. The van der Waals surface area contributed by atoms with Gasteiger partial charge in [-0.05, 0) is 12.8 Å². The molecule has 0 radical (unpaired) electrons. The summed E-state index contributed by atoms with van der Waals surface area (Å²) in [6.07, 6.45) is 2.97. The van der Waals surface area contributed by atoms with Crippen molar-refractivity contribution < 1.29 is 4.92 Å². The monoisotopic (exact) mass is 142 g/mol. The van der Waals surface area contributed by atoms with Crippen LogP contribution < -0.4 is 0 Å². The zero-order chi connectivity index (χ0) is 7.56. The molecule has 0 aromatic heterocycles. The number of nitro groups is 1. The average Bonchev–Trinajstić information content (AvgIpc) is 2.15. The Bertz CT molecular complexity index is 177. The molecule has 4 heteroatoms. The predicted octanol–water partition coefficient (Wildman–Crippen LogP) is 0.830. The predicted molar refractivity (Wildman–Crippen MR) is 36.9 cm³/mol. The fourth-order valence-electron chi connectivity index (χ4n) is 1.12. The molecule has 1 heterocycles. The van der Waals surface area contributed by atoms with E-state index in [1.54, 1.807) is 0 Å². The number of hydrogen-bond acceptors (Lipinski definition) is 3. The highest BCUT2D eigenvalue weighted by atomic mass is 16.6. The molecule has 1 aliphatic rings. The molecule has 0 spiro atoms. The lowest BCUT2D eigenvalue weighted by Crippen LogP contribution is -2.11. The van der Waals surface area contributed by atoms with Crippen LogP contribution in [0, 0.1) is 10.1 Å². The van der Waals surface area contributed by atoms with E-state index in [-0.39, 0.29) is 0 Å². The summed E-state index contributed by atoms with van der Waals surface area (Å²) < 4.78 is 0. The first-order valence-corrected chi connectivity index (χ1v) is 3.25. The SMILES string of the molecule is CN1CCCC1=C[N+](=O)[O-]. The zero-order valence-electron chi connectivity index (χ0n) is 5.91. The standard InChI is InChI=1S/C6H10N2O2/c1-7-4-2-3-6(7)5-8(9)10/h5H,2-4H2,1H3. The summed E-state index contributed by atoms with van der Waals surface area (Å²) in [6.45, 7) is 0.944. The highest BCUT2D eigenvalue weighted by Crippen LogP contribution is 2.17. The maximum absolute atomic E-state index is 10.0. The summed E-state index contributed by atoms with van der Waals surface area (Å²) in [4.78, 5) is 11.5. The van der Waals surface area contributed by atoms with E-state index in [2.05, 4.69) is 0 Å². The van der Waals surface area contributed by atoms with Gasteiger partial charge in [-0.3, -0.25) is 10.1 Å². The Morgan fingerprint density at radius 2 is 2.50 bits per heavy atom. The topological polar surface area (TPSA) is 46.4 Å². The third-order valence-corrected chi connectivity index (χ3v) is 1.67. The fraction of sp³-hybridized carbons (Fsp3) is 0.667. The van der Waals surface area contributed by atoms with Crippen molar-refractivity contribution in [1.82, 2.24) is 4.90 Å². The van der Waals surface area contributed by atoms with Gasteiger partial charge in [-0.2, -0.15) is 0 Å². The Kier molecular flexibility index (Phi) is 1.89. The molecule has 1 rings (SSSR count). The second-order valence-electron chi connectivity index (χ2n) is 2.43. The first-order valence-electron chi connectivity index (χ1n) is 3.25. The fourth-order valence-corrected chi connectivity index (χ4v) is 1.12. The molecule has 1 saturated heterocycles. The van der Waals surface area contributed by atoms with E-state index in [0.717, 1.165) is 31.3 Å². The lowest BCUT2D eigenvalue weighted by molar-refractivity contribution is -0.404. The molecule has 0 N–H and O–H groups in total. The van der Waals surface area contributed by atoms with Crippen molar-refractivity contribution in [2.75, 3.05) is 13.6 Å². The van der Waals surface area contributed by atoms with Gasteiger partial charge in [0.1, 0.15) is 0 Å². The molecule has 0 aromatic rings. The van der Waals surface area contributed by atoms with Gasteiger partial charge in [-0.25, -0.2) is 0 Å². The minimum absolute atomic E-state index is 0.392. The van der Waals surface area contributed by atoms with Crippen molar-refractivity contribution in [2.45, 2.75) is 12.8 Å². The largest absolute Gasteiger partial charge is 0.373 e. The maximum Gasteiger partial charge on any atom is 0.253 e. The minimum Gasteiger partial charge on any atom is -0.373 e. The van der Waals surface area contributed by atoms with E-state index < -0.39 is 4.92 Å². The summed E-state index contributed by atoms with van der Waals surface area (Å²) in [7, 11) is 1.88. The Morgan fingerprint density at radius 1 is 1.80 bits per heavy atom. The Balaban J connectivity index is 2.62. The van der Waals surface area contributed by atoms with Gasteiger partial charge in [-0.15, -0.1) is 0 Å². The lowest BCUT2D eigenvalue weighted by atomic mass is 10.3. The Hall–Kier alpha value is -1.06. The van der Waals surface area contributed by atoms with E-state index in [9.17, 15) is 10.1 Å². The molecule has 4 nitrogen and oxygen atoms in total. The van der Waals surface area contributed by atoms with Gasteiger partial charge in [0.25, 0.3) is 6.20 Å². The van der Waals surface area contributed by atoms with Crippen molar-refractivity contribution in [1.29, 1.82) is 0 Å². The molecule has 56 valence electrons. The number of hydrogen-bond donors (Lipinski definition) is 0. The van der Waals surface area contributed by atoms with Crippen LogP contribution in [0.3, 0.4) is 0 Å². The first kappa shape index (κ1) is 7.05. The van der Waals surface area contributed by atoms with Crippen LogP contribution in [-0.4, -0.2) is 23.4 Å². The van der Waals surface area contributed by atoms with Crippen LogP contribution in [0.25, 0.3) is 0 Å². The van der Waals surface area contributed by atoms with Crippen LogP contribution in [0.15, 0.2) is 11.9 Å². The average molecular weight is 142 g/mol. The minimum atomic E-state index is -0.392. The normalized spacial score (nSPS) is 22.1. The molecule has 1 fully saturated rings. The molecule has 0 amide bonds. The number of rotatable bonds is 1. The van der Waals surface area contributed by atoms with Crippen LogP contribution in [0.4, 0.5) is 0 Å². The number of likely N-dealkylation sites (tertiary alicyclic amines) is 1. The van der Waals surface area contributed by atoms with Gasteiger partial charge in [0.05, 0.1) is 10.6 Å². The third-order valence-electron chi connectivity index (χ3n) is 1.67. The molecule has 0 aromatic carbocycles. The molecule has 0 unspecified atom stereocenters. The quantitative estimate of drug-likeness (QED) is 0.402. The third kappa shape index (κ3) is 1.46. The molecular weight excluding hydrogens is 132 g/mol. The lowest BCUT2D eigenvalue weighted by Gasteiger charge is -2.08. The van der Waals surface area contributed by atoms with Crippen molar-refractivity contribution >= 4 is 0 Å². The summed E-state index contributed by atoms with van der Waals surface area (Å²) in [5, 5.41) is 10.0. The van der Waals surface area contributed by atoms with Gasteiger partial charge in [-0.1, -0.05) is 0 Å². The van der Waals surface area contributed by atoms with Crippen LogP contribution in [0.1, 0.15) is 12.8 Å². The van der Waals surface area contributed by atoms with Crippen molar-refractivity contribution in [2.24, 2.45) is 0 Å². The van der Waals surface area contributed by atoms with Crippen LogP contribution in [0.2, 0.25) is 0 Å². The smallest absolute Gasteiger partial charge is 0.253 e. The second kappa shape index (κ2) is 2.68. The van der Waals surface area contributed by atoms with Crippen LogP contribution in [0.5, 0.6) is 0 Å². The summed E-state index contributed by atoms with van der Waals surface area (Å²) >= 11 is 0. The second-order valence-corrected chi connectivity index (χ2v) is 2.43. The van der Waals surface area contributed by atoms with E-state index in [4.69, 9.17) is 0 Å². The van der Waals surface area contributed by atoms with Crippen molar-refractivity contribution in [3.8, 4) is 0 Å². The molecule has 0 saturated carbocycles. The number of allylic oxidation sites excluding steroid dienone is 1. The molecule has 1 aliphatic heterocycles. The summed E-state index contributed by atoms with van der Waals surface area (Å²) in [6, 6.07) is 0. The summed E-state index contributed by atoms with van der Waals surface area (Å²) in [5.41, 5.74) is 0.838. The molecule has 0 atom stereocenters. The molecule has 10 heavy (non-hydrogen) atoms. The van der Waals surface area contributed by atoms with Crippen LogP contribution >= 0.6 is 0 Å². The Labute approximate surface area is 59.3 Å². The first-order chi connectivity index (χ1) is 4.70. The molecular formula is C6H10N2O2. The highest BCUT2D eigenvalue weighted by molar-refractivity contribution is 5.00. The number of nitrogens with zero attached hydrogens (tertiary/aromatic N) is 2. The highest BCUT2D eigenvalue weighted by Gasteiger charge is 2.14. The van der Waals surface area contributed by atoms with Gasteiger partial charge in [0, 0.05) is 13.6 Å². The van der Waals surface area contributed by atoms with E-state index >= 15 is 0 Å². The van der Waals surface area contributed by atoms with E-state index in [1.165, 1.54) is 0 Å². The summed E-state index contributed by atoms with van der Waals surface area (Å²) in [5.74, 6) is 0. The Morgan fingerprint density at radius 3 is 2.90 bits per heavy atom.